The molecule has 0 saturated heterocycles. The van der Waals surface area contributed by atoms with Gasteiger partial charge in [0.1, 0.15) is 0 Å². The van der Waals surface area contributed by atoms with E-state index in [1.807, 2.05) is 18.2 Å². The van der Waals surface area contributed by atoms with Gasteiger partial charge in [-0.15, -0.1) is 0 Å². The lowest BCUT2D eigenvalue weighted by Crippen LogP contribution is -2.17. The Kier molecular flexibility index (Phi) is 4.54. The van der Waals surface area contributed by atoms with Gasteiger partial charge in [0.05, 0.1) is 0 Å². The van der Waals surface area contributed by atoms with Crippen molar-refractivity contribution < 1.29 is 4.79 Å². The first-order valence-corrected chi connectivity index (χ1v) is 5.07. The second-order valence-electron chi connectivity index (χ2n) is 3.75. The van der Waals surface area contributed by atoms with E-state index in [0.29, 0.717) is 11.5 Å². The van der Waals surface area contributed by atoms with Crippen molar-refractivity contribution in [3.05, 3.63) is 35.9 Å². The van der Waals surface area contributed by atoms with E-state index in [1.165, 1.54) is 0 Å². The van der Waals surface area contributed by atoms with Crippen LogP contribution in [0.25, 0.3) is 0 Å². The summed E-state index contributed by atoms with van der Waals surface area (Å²) in [5, 5.41) is 3.86. The van der Waals surface area contributed by atoms with Gasteiger partial charge in [-0.1, -0.05) is 32.0 Å². The minimum absolute atomic E-state index is 0.171. The molecule has 0 spiro atoms. The van der Waals surface area contributed by atoms with E-state index in [4.69, 9.17) is 0 Å². The smallest absolute Gasteiger partial charge is 0.267 e. The maximum atomic E-state index is 11.5. The molecule has 0 heterocycles. The van der Waals surface area contributed by atoms with Crippen molar-refractivity contribution >= 4 is 12.1 Å². The highest BCUT2D eigenvalue weighted by Crippen LogP contribution is 1.98. The van der Waals surface area contributed by atoms with E-state index in [0.717, 1.165) is 6.42 Å². The molecule has 0 aromatic heterocycles. The Labute approximate surface area is 90.2 Å². The molecule has 1 amide bonds. The Hall–Kier alpha value is -1.64. The van der Waals surface area contributed by atoms with Gasteiger partial charge in [0, 0.05) is 11.8 Å². The first-order chi connectivity index (χ1) is 7.20. The predicted molar refractivity (Wildman–Crippen MR) is 61.9 cm³/mol. The largest absolute Gasteiger partial charge is 0.271 e. The van der Waals surface area contributed by atoms with E-state index in [-0.39, 0.29) is 5.91 Å². The van der Waals surface area contributed by atoms with Crippen LogP contribution in [0.2, 0.25) is 0 Å². The van der Waals surface area contributed by atoms with Gasteiger partial charge in [-0.3, -0.25) is 4.79 Å². The van der Waals surface area contributed by atoms with Crippen LogP contribution in [0, 0.1) is 5.92 Å². The number of hydrogen-bond acceptors (Lipinski definition) is 2. The fourth-order valence-corrected chi connectivity index (χ4v) is 1.02. The number of benzene rings is 1. The normalized spacial score (nSPS) is 10.9. The van der Waals surface area contributed by atoms with Gasteiger partial charge < -0.3 is 0 Å². The standard InChI is InChI=1S/C12H16N2O/c1-10(2)8-9-13-14-12(15)11-6-4-3-5-7-11/h3-7,9-10H,8H2,1-2H3,(H,14,15)/b13-9-. The Balaban J connectivity index is 2.40. The number of carbonyl (C=O) groups is 1. The minimum atomic E-state index is -0.171. The summed E-state index contributed by atoms with van der Waals surface area (Å²) in [6, 6.07) is 9.04. The highest BCUT2D eigenvalue weighted by molar-refractivity contribution is 5.94. The zero-order chi connectivity index (χ0) is 11.1. The molecule has 1 N–H and O–H groups in total. The first-order valence-electron chi connectivity index (χ1n) is 5.07. The quantitative estimate of drug-likeness (QED) is 0.594. The molecule has 15 heavy (non-hydrogen) atoms. The monoisotopic (exact) mass is 204 g/mol. The van der Waals surface area contributed by atoms with Crippen LogP contribution >= 0.6 is 0 Å². The zero-order valence-corrected chi connectivity index (χ0v) is 9.10. The highest BCUT2D eigenvalue weighted by Gasteiger charge is 2.00. The molecule has 0 atom stereocenters. The van der Waals surface area contributed by atoms with Crippen LogP contribution < -0.4 is 5.43 Å². The summed E-state index contributed by atoms with van der Waals surface area (Å²) >= 11 is 0. The summed E-state index contributed by atoms with van der Waals surface area (Å²) in [5.41, 5.74) is 3.11. The van der Waals surface area contributed by atoms with Gasteiger partial charge in [0.25, 0.3) is 5.91 Å². The molecule has 3 heteroatoms. The molecular formula is C12H16N2O. The summed E-state index contributed by atoms with van der Waals surface area (Å²) in [6.07, 6.45) is 2.60. The average molecular weight is 204 g/mol. The van der Waals surface area contributed by atoms with Crippen molar-refractivity contribution in [2.45, 2.75) is 20.3 Å². The van der Waals surface area contributed by atoms with Crippen LogP contribution in [0.4, 0.5) is 0 Å². The fourth-order valence-electron chi connectivity index (χ4n) is 1.02. The van der Waals surface area contributed by atoms with E-state index in [9.17, 15) is 4.79 Å². The maximum absolute atomic E-state index is 11.5. The topological polar surface area (TPSA) is 41.5 Å². The molecule has 1 rings (SSSR count). The molecule has 0 bridgehead atoms. The molecule has 0 aliphatic carbocycles. The molecule has 0 saturated carbocycles. The Bertz CT molecular complexity index is 331. The van der Waals surface area contributed by atoms with Crippen LogP contribution in [0.1, 0.15) is 30.6 Å². The molecular weight excluding hydrogens is 188 g/mol. The van der Waals surface area contributed by atoms with E-state index in [1.54, 1.807) is 18.3 Å². The first kappa shape index (κ1) is 11.4. The number of hydrogen-bond donors (Lipinski definition) is 1. The van der Waals surface area contributed by atoms with Gasteiger partial charge in [-0.2, -0.15) is 5.10 Å². The van der Waals surface area contributed by atoms with Crippen molar-refractivity contribution in [3.8, 4) is 0 Å². The molecule has 3 nitrogen and oxygen atoms in total. The SMILES string of the molecule is CC(C)C/C=N\NC(=O)c1ccccc1. The van der Waals surface area contributed by atoms with Gasteiger partial charge in [0.2, 0.25) is 0 Å². The van der Waals surface area contributed by atoms with Crippen molar-refractivity contribution in [2.75, 3.05) is 0 Å². The van der Waals surface area contributed by atoms with Crippen molar-refractivity contribution in [2.24, 2.45) is 11.0 Å². The van der Waals surface area contributed by atoms with Crippen molar-refractivity contribution in [3.63, 3.8) is 0 Å². The summed E-state index contributed by atoms with van der Waals surface area (Å²) in [7, 11) is 0. The molecule has 0 fully saturated rings. The lowest BCUT2D eigenvalue weighted by atomic mass is 10.2. The maximum Gasteiger partial charge on any atom is 0.271 e. The summed E-state index contributed by atoms with van der Waals surface area (Å²) in [6.45, 7) is 4.20. The number of nitrogens with one attached hydrogen (secondary N) is 1. The lowest BCUT2D eigenvalue weighted by Gasteiger charge is -1.99. The highest BCUT2D eigenvalue weighted by atomic mass is 16.2. The van der Waals surface area contributed by atoms with E-state index < -0.39 is 0 Å². The Morgan fingerprint density at radius 1 is 1.40 bits per heavy atom. The third kappa shape index (κ3) is 4.40. The molecule has 1 aromatic rings. The zero-order valence-electron chi connectivity index (χ0n) is 9.10. The van der Waals surface area contributed by atoms with Crippen LogP contribution in [0.15, 0.2) is 35.4 Å². The van der Waals surface area contributed by atoms with Crippen LogP contribution in [0.3, 0.4) is 0 Å². The number of nitrogens with zero attached hydrogens (tertiary/aromatic N) is 1. The van der Waals surface area contributed by atoms with Crippen LogP contribution in [-0.2, 0) is 0 Å². The number of rotatable bonds is 4. The van der Waals surface area contributed by atoms with E-state index >= 15 is 0 Å². The molecule has 0 radical (unpaired) electrons. The van der Waals surface area contributed by atoms with Gasteiger partial charge in [-0.25, -0.2) is 5.43 Å². The van der Waals surface area contributed by atoms with Crippen molar-refractivity contribution in [1.29, 1.82) is 0 Å². The second kappa shape index (κ2) is 5.96. The van der Waals surface area contributed by atoms with Crippen LogP contribution in [-0.4, -0.2) is 12.1 Å². The second-order valence-corrected chi connectivity index (χ2v) is 3.75. The molecule has 0 unspecified atom stereocenters. The van der Waals surface area contributed by atoms with Crippen molar-refractivity contribution in [1.82, 2.24) is 5.43 Å². The lowest BCUT2D eigenvalue weighted by molar-refractivity contribution is 0.0955. The summed E-state index contributed by atoms with van der Waals surface area (Å²) < 4.78 is 0. The minimum Gasteiger partial charge on any atom is -0.267 e. The summed E-state index contributed by atoms with van der Waals surface area (Å²) in [4.78, 5) is 11.5. The fraction of sp³-hybridized carbons (Fsp3) is 0.333. The van der Waals surface area contributed by atoms with E-state index in [2.05, 4.69) is 24.4 Å². The number of carbonyl (C=O) groups excluding carboxylic acids is 1. The Morgan fingerprint density at radius 3 is 2.67 bits per heavy atom. The third-order valence-corrected chi connectivity index (χ3v) is 1.87. The Morgan fingerprint density at radius 2 is 2.07 bits per heavy atom. The number of hydrazone groups is 1. The van der Waals surface area contributed by atoms with Gasteiger partial charge in [-0.05, 0) is 24.5 Å². The third-order valence-electron chi connectivity index (χ3n) is 1.87. The summed E-state index contributed by atoms with van der Waals surface area (Å²) in [5.74, 6) is 0.387. The van der Waals surface area contributed by atoms with Gasteiger partial charge >= 0.3 is 0 Å². The van der Waals surface area contributed by atoms with Crippen LogP contribution in [0.5, 0.6) is 0 Å². The molecule has 80 valence electrons. The molecule has 1 aromatic carbocycles. The number of amides is 1. The molecule has 0 aliphatic rings. The average Bonchev–Trinajstić information content (AvgIpc) is 2.25. The molecule has 0 aliphatic heterocycles. The predicted octanol–water partition coefficient (Wildman–Crippen LogP) is 2.45. The van der Waals surface area contributed by atoms with Gasteiger partial charge in [0.15, 0.2) is 0 Å².